The van der Waals surface area contributed by atoms with Crippen molar-refractivity contribution in [1.29, 1.82) is 0 Å². The van der Waals surface area contributed by atoms with E-state index < -0.39 is 17.5 Å². The summed E-state index contributed by atoms with van der Waals surface area (Å²) in [5, 5.41) is 3.21. The Morgan fingerprint density at radius 3 is 2.71 bits per heavy atom. The number of thiazole rings is 1. The van der Waals surface area contributed by atoms with Gasteiger partial charge < -0.3 is 10.2 Å². The predicted molar refractivity (Wildman–Crippen MR) is 83.9 cm³/mol. The van der Waals surface area contributed by atoms with Crippen molar-refractivity contribution < 1.29 is 18.4 Å². The summed E-state index contributed by atoms with van der Waals surface area (Å²) in [5.41, 5.74) is -0.0379. The fourth-order valence-corrected chi connectivity index (χ4v) is 3.17. The average molecular weight is 352 g/mol. The molecule has 24 heavy (non-hydrogen) atoms. The summed E-state index contributed by atoms with van der Waals surface area (Å²) in [7, 11) is 0. The summed E-state index contributed by atoms with van der Waals surface area (Å²) in [4.78, 5) is 33.5. The van der Waals surface area contributed by atoms with Crippen molar-refractivity contribution >= 4 is 28.2 Å². The number of pyridine rings is 1. The molecule has 0 unspecified atom stereocenters. The molecular weight excluding hydrogens is 338 g/mol. The van der Waals surface area contributed by atoms with Gasteiger partial charge in [0.25, 0.3) is 5.91 Å². The van der Waals surface area contributed by atoms with Crippen molar-refractivity contribution in [3.63, 3.8) is 0 Å². The first-order valence-corrected chi connectivity index (χ1v) is 8.15. The van der Waals surface area contributed by atoms with Gasteiger partial charge >= 0.3 is 0 Å². The number of hydrogen-bond acceptors (Lipinski definition) is 6. The molecule has 1 aliphatic heterocycles. The molecule has 1 fully saturated rings. The van der Waals surface area contributed by atoms with Gasteiger partial charge in [0.1, 0.15) is 22.3 Å². The highest BCUT2D eigenvalue weighted by molar-refractivity contribution is 7.17. The minimum Gasteiger partial charge on any atom is -0.347 e. The first kappa shape index (κ1) is 16.4. The molecule has 126 valence electrons. The summed E-state index contributed by atoms with van der Waals surface area (Å²) in [5.74, 6) is -1.75. The molecular formula is C15H14F2N4O2S. The van der Waals surface area contributed by atoms with Crippen LogP contribution >= 0.6 is 11.3 Å². The maximum atomic E-state index is 13.5. The third kappa shape index (κ3) is 3.73. The zero-order valence-electron chi connectivity index (χ0n) is 12.6. The summed E-state index contributed by atoms with van der Waals surface area (Å²) in [6.07, 6.45) is 3.31. The minimum absolute atomic E-state index is 0.0379. The Morgan fingerprint density at radius 2 is 2.00 bits per heavy atom. The van der Waals surface area contributed by atoms with E-state index in [4.69, 9.17) is 0 Å². The highest BCUT2D eigenvalue weighted by Gasteiger charge is 2.20. The van der Waals surface area contributed by atoms with Gasteiger partial charge in [-0.2, -0.15) is 0 Å². The molecule has 0 bridgehead atoms. The Balaban J connectivity index is 1.60. The molecule has 0 atom stereocenters. The van der Waals surface area contributed by atoms with Crippen molar-refractivity contribution in [3.05, 3.63) is 40.7 Å². The summed E-state index contributed by atoms with van der Waals surface area (Å²) in [6.45, 7) is 1.05. The van der Waals surface area contributed by atoms with Gasteiger partial charge in [-0.15, -0.1) is 0 Å². The van der Waals surface area contributed by atoms with Crippen LogP contribution in [0.1, 0.15) is 28.2 Å². The Morgan fingerprint density at radius 1 is 1.25 bits per heavy atom. The van der Waals surface area contributed by atoms with Gasteiger partial charge in [-0.3, -0.25) is 14.6 Å². The van der Waals surface area contributed by atoms with Crippen molar-refractivity contribution in [2.45, 2.75) is 19.4 Å². The summed E-state index contributed by atoms with van der Waals surface area (Å²) >= 11 is 1.21. The number of aromatic nitrogens is 2. The van der Waals surface area contributed by atoms with Gasteiger partial charge in [0.2, 0.25) is 0 Å². The lowest BCUT2D eigenvalue weighted by atomic mass is 10.1. The fourth-order valence-electron chi connectivity index (χ4n) is 2.29. The number of Topliss-reactive ketones (excluding diaryl/α,β-unsaturated/α-hetero) is 1. The van der Waals surface area contributed by atoms with Crippen LogP contribution in [-0.2, 0) is 11.3 Å². The van der Waals surface area contributed by atoms with Crippen molar-refractivity contribution in [3.8, 4) is 0 Å². The third-order valence-corrected chi connectivity index (χ3v) is 4.67. The van der Waals surface area contributed by atoms with E-state index in [1.807, 2.05) is 4.90 Å². The Kier molecular flexibility index (Phi) is 4.79. The molecule has 2 aromatic rings. The molecule has 1 N–H and O–H groups in total. The molecule has 0 spiro atoms. The molecule has 3 heterocycles. The van der Waals surface area contributed by atoms with Gasteiger partial charge in [0, 0.05) is 32.0 Å². The second kappa shape index (κ2) is 7.00. The van der Waals surface area contributed by atoms with Crippen LogP contribution in [0.5, 0.6) is 0 Å². The lowest BCUT2D eigenvalue weighted by Crippen LogP contribution is -2.33. The standard InChI is InChI=1S/C15H14F2N4O2S/c16-9-5-11(17)12(18-6-9)7-19-14(23)13-8-20-15(24-13)21-3-1-10(22)2-4-21/h5-6,8H,1-4,7H2,(H,19,23). The quantitative estimate of drug-likeness (QED) is 0.910. The smallest absolute Gasteiger partial charge is 0.263 e. The van der Waals surface area contributed by atoms with Crippen molar-refractivity contribution in [2.75, 3.05) is 18.0 Å². The summed E-state index contributed by atoms with van der Waals surface area (Å²) < 4.78 is 26.3. The van der Waals surface area contributed by atoms with Gasteiger partial charge in [0.15, 0.2) is 5.13 Å². The number of anilines is 1. The number of carbonyl (C=O) groups is 2. The van der Waals surface area contributed by atoms with Crippen LogP contribution in [0.15, 0.2) is 18.5 Å². The van der Waals surface area contributed by atoms with Crippen molar-refractivity contribution in [2.24, 2.45) is 0 Å². The Hall–Kier alpha value is -2.42. The van der Waals surface area contributed by atoms with Crippen LogP contribution in [0, 0.1) is 11.6 Å². The molecule has 0 radical (unpaired) electrons. The normalized spacial score (nSPS) is 14.8. The van der Waals surface area contributed by atoms with Gasteiger partial charge in [0.05, 0.1) is 24.6 Å². The lowest BCUT2D eigenvalue weighted by Gasteiger charge is -2.25. The second-order valence-electron chi connectivity index (χ2n) is 5.30. The molecule has 0 aromatic carbocycles. The highest BCUT2D eigenvalue weighted by atomic mass is 32.1. The van der Waals surface area contributed by atoms with E-state index in [1.54, 1.807) is 0 Å². The molecule has 3 rings (SSSR count). The number of amides is 1. The van der Waals surface area contributed by atoms with E-state index >= 15 is 0 Å². The predicted octanol–water partition coefficient (Wildman–Crippen LogP) is 1.92. The number of piperidine rings is 1. The van der Waals surface area contributed by atoms with E-state index in [1.165, 1.54) is 17.5 Å². The molecule has 9 heteroatoms. The Labute approximate surface area is 140 Å². The maximum absolute atomic E-state index is 13.5. The number of halogens is 2. The second-order valence-corrected chi connectivity index (χ2v) is 6.31. The number of nitrogens with zero attached hydrogens (tertiary/aromatic N) is 3. The maximum Gasteiger partial charge on any atom is 0.263 e. The average Bonchev–Trinajstić information content (AvgIpc) is 3.04. The summed E-state index contributed by atoms with van der Waals surface area (Å²) in [6, 6.07) is 0.719. The number of carbonyl (C=O) groups excluding carboxylic acids is 2. The lowest BCUT2D eigenvalue weighted by molar-refractivity contribution is -0.119. The van der Waals surface area contributed by atoms with E-state index in [0.717, 1.165) is 12.3 Å². The van der Waals surface area contributed by atoms with Gasteiger partial charge in [-0.25, -0.2) is 13.8 Å². The fraction of sp³-hybridized carbons (Fsp3) is 0.333. The van der Waals surface area contributed by atoms with Crippen LogP contribution in [-0.4, -0.2) is 34.7 Å². The van der Waals surface area contributed by atoms with E-state index in [0.29, 0.717) is 35.9 Å². The van der Waals surface area contributed by atoms with Crippen LogP contribution in [0.25, 0.3) is 0 Å². The van der Waals surface area contributed by atoms with Gasteiger partial charge in [-0.05, 0) is 0 Å². The topological polar surface area (TPSA) is 75.2 Å². The number of hydrogen-bond donors (Lipinski definition) is 1. The number of nitrogens with one attached hydrogen (secondary N) is 1. The largest absolute Gasteiger partial charge is 0.347 e. The van der Waals surface area contributed by atoms with E-state index in [9.17, 15) is 18.4 Å². The molecule has 0 saturated carbocycles. The molecule has 0 aliphatic carbocycles. The zero-order valence-corrected chi connectivity index (χ0v) is 13.4. The zero-order chi connectivity index (χ0) is 17.1. The molecule has 1 saturated heterocycles. The number of rotatable bonds is 4. The molecule has 1 amide bonds. The third-order valence-electron chi connectivity index (χ3n) is 3.61. The monoisotopic (exact) mass is 352 g/mol. The van der Waals surface area contributed by atoms with E-state index in [-0.39, 0.29) is 18.0 Å². The minimum atomic E-state index is -0.807. The molecule has 6 nitrogen and oxygen atoms in total. The highest BCUT2D eigenvalue weighted by Crippen LogP contribution is 2.24. The SMILES string of the molecule is O=C1CCN(c2ncc(C(=O)NCc3ncc(F)cc3F)s2)CC1. The van der Waals surface area contributed by atoms with Crippen LogP contribution in [0.2, 0.25) is 0 Å². The van der Waals surface area contributed by atoms with Crippen LogP contribution in [0.3, 0.4) is 0 Å². The number of ketones is 1. The van der Waals surface area contributed by atoms with Gasteiger partial charge in [-0.1, -0.05) is 11.3 Å². The van der Waals surface area contributed by atoms with Crippen LogP contribution in [0.4, 0.5) is 13.9 Å². The van der Waals surface area contributed by atoms with Crippen molar-refractivity contribution in [1.82, 2.24) is 15.3 Å². The first-order chi connectivity index (χ1) is 11.5. The van der Waals surface area contributed by atoms with E-state index in [2.05, 4.69) is 15.3 Å². The molecule has 2 aromatic heterocycles. The Bertz CT molecular complexity index is 771. The molecule has 1 aliphatic rings. The van der Waals surface area contributed by atoms with Crippen LogP contribution < -0.4 is 10.2 Å². The first-order valence-electron chi connectivity index (χ1n) is 7.33.